The first-order chi connectivity index (χ1) is 9.51. The molecule has 0 bridgehead atoms. The number of anilines is 1. The summed E-state index contributed by atoms with van der Waals surface area (Å²) in [7, 11) is 1.63. The van der Waals surface area contributed by atoms with Gasteiger partial charge in [0.25, 0.3) is 0 Å². The normalized spacial score (nSPS) is 14.6. The van der Waals surface area contributed by atoms with Gasteiger partial charge in [0.15, 0.2) is 5.78 Å². The first kappa shape index (κ1) is 14.2. The summed E-state index contributed by atoms with van der Waals surface area (Å²) in [5.41, 5.74) is 2.03. The van der Waals surface area contributed by atoms with Crippen molar-refractivity contribution in [2.45, 2.75) is 25.3 Å². The molecular weight excluding hydrogens is 260 g/mol. The zero-order valence-electron chi connectivity index (χ0n) is 11.1. The van der Waals surface area contributed by atoms with Crippen molar-refractivity contribution in [2.24, 2.45) is 0 Å². The third-order valence-electron chi connectivity index (χ3n) is 3.33. The van der Waals surface area contributed by atoms with Gasteiger partial charge in [0, 0.05) is 17.7 Å². The molecule has 0 saturated heterocycles. The van der Waals surface area contributed by atoms with Crippen LogP contribution < -0.4 is 10.6 Å². The maximum Gasteiger partial charge on any atom is 0.303 e. The fraction of sp³-hybridized carbons (Fsp3) is 0.357. The number of hydrogen-bond acceptors (Lipinski definition) is 4. The Kier molecular flexibility index (Phi) is 4.14. The fourth-order valence-electron chi connectivity index (χ4n) is 2.26. The Morgan fingerprint density at radius 1 is 1.45 bits per heavy atom. The number of amides is 1. The second kappa shape index (κ2) is 5.83. The van der Waals surface area contributed by atoms with E-state index >= 15 is 0 Å². The van der Waals surface area contributed by atoms with Gasteiger partial charge in [-0.05, 0) is 37.2 Å². The molecule has 20 heavy (non-hydrogen) atoms. The summed E-state index contributed by atoms with van der Waals surface area (Å²) < 4.78 is 0. The van der Waals surface area contributed by atoms with E-state index in [2.05, 4.69) is 10.6 Å². The molecule has 0 spiro atoms. The molecule has 0 saturated carbocycles. The summed E-state index contributed by atoms with van der Waals surface area (Å²) in [6.45, 7) is 0. The molecule has 6 nitrogen and oxygen atoms in total. The van der Waals surface area contributed by atoms with E-state index in [1.807, 2.05) is 0 Å². The van der Waals surface area contributed by atoms with Crippen LogP contribution in [0.2, 0.25) is 0 Å². The summed E-state index contributed by atoms with van der Waals surface area (Å²) >= 11 is 0. The standard InChI is InChI=1S/C14H16N2O4/c1-15-11(4-5-13(18)19)14(20)8-2-3-10-9(6-8)7-12(17)16-10/h2-3,6,11,15H,4-5,7H2,1H3,(H,16,17)(H,18,19). The Balaban J connectivity index is 2.14. The Hall–Kier alpha value is -2.21. The molecule has 1 aliphatic rings. The zero-order valence-corrected chi connectivity index (χ0v) is 11.1. The predicted molar refractivity (Wildman–Crippen MR) is 72.8 cm³/mol. The van der Waals surface area contributed by atoms with Crippen LogP contribution in [0, 0.1) is 0 Å². The second-order valence-electron chi connectivity index (χ2n) is 4.73. The van der Waals surface area contributed by atoms with E-state index in [0.717, 1.165) is 11.3 Å². The van der Waals surface area contributed by atoms with Crippen molar-refractivity contribution in [3.05, 3.63) is 29.3 Å². The van der Waals surface area contributed by atoms with Gasteiger partial charge in [-0.25, -0.2) is 0 Å². The number of carboxylic acid groups (broad SMARTS) is 1. The number of fused-ring (bicyclic) bond motifs is 1. The van der Waals surface area contributed by atoms with Crippen LogP contribution in [0.3, 0.4) is 0 Å². The third kappa shape index (κ3) is 3.03. The number of carbonyl (C=O) groups is 3. The number of carbonyl (C=O) groups excluding carboxylic acids is 2. The highest BCUT2D eigenvalue weighted by Crippen LogP contribution is 2.24. The Bertz CT molecular complexity index is 568. The molecule has 0 radical (unpaired) electrons. The van der Waals surface area contributed by atoms with Gasteiger partial charge >= 0.3 is 5.97 Å². The van der Waals surface area contributed by atoms with Crippen LogP contribution in [0.15, 0.2) is 18.2 Å². The van der Waals surface area contributed by atoms with Crippen LogP contribution >= 0.6 is 0 Å². The number of ketones is 1. The van der Waals surface area contributed by atoms with Gasteiger partial charge in [0.2, 0.25) is 5.91 Å². The third-order valence-corrected chi connectivity index (χ3v) is 3.33. The van der Waals surface area contributed by atoms with E-state index in [9.17, 15) is 14.4 Å². The number of aliphatic carboxylic acids is 1. The van der Waals surface area contributed by atoms with Crippen molar-refractivity contribution in [3.63, 3.8) is 0 Å². The fourth-order valence-corrected chi connectivity index (χ4v) is 2.26. The Labute approximate surface area is 116 Å². The molecule has 1 amide bonds. The first-order valence-corrected chi connectivity index (χ1v) is 6.37. The molecule has 1 heterocycles. The highest BCUT2D eigenvalue weighted by Gasteiger charge is 2.23. The van der Waals surface area contributed by atoms with E-state index in [-0.39, 0.29) is 31.0 Å². The van der Waals surface area contributed by atoms with E-state index in [0.29, 0.717) is 5.56 Å². The summed E-state index contributed by atoms with van der Waals surface area (Å²) in [6, 6.07) is 4.52. The molecule has 2 rings (SSSR count). The monoisotopic (exact) mass is 276 g/mol. The van der Waals surface area contributed by atoms with Crippen LogP contribution in [0.25, 0.3) is 0 Å². The van der Waals surface area contributed by atoms with Crippen LogP contribution in [-0.2, 0) is 16.0 Å². The molecule has 3 N–H and O–H groups in total. The highest BCUT2D eigenvalue weighted by molar-refractivity contribution is 6.04. The topological polar surface area (TPSA) is 95.5 Å². The number of likely N-dealkylation sites (N-methyl/N-ethyl adjacent to an activating group) is 1. The van der Waals surface area contributed by atoms with Crippen molar-refractivity contribution in [1.29, 1.82) is 0 Å². The molecule has 0 aromatic heterocycles. The highest BCUT2D eigenvalue weighted by atomic mass is 16.4. The maximum atomic E-state index is 12.3. The van der Waals surface area contributed by atoms with Crippen molar-refractivity contribution in [3.8, 4) is 0 Å². The van der Waals surface area contributed by atoms with Gasteiger partial charge in [-0.1, -0.05) is 0 Å². The van der Waals surface area contributed by atoms with E-state index < -0.39 is 12.0 Å². The quantitative estimate of drug-likeness (QED) is 0.668. The first-order valence-electron chi connectivity index (χ1n) is 6.37. The minimum Gasteiger partial charge on any atom is -0.481 e. The largest absolute Gasteiger partial charge is 0.481 e. The smallest absolute Gasteiger partial charge is 0.303 e. The van der Waals surface area contributed by atoms with Crippen LogP contribution in [0.1, 0.15) is 28.8 Å². The van der Waals surface area contributed by atoms with Crippen molar-refractivity contribution < 1.29 is 19.5 Å². The van der Waals surface area contributed by atoms with Crippen molar-refractivity contribution >= 4 is 23.3 Å². The zero-order chi connectivity index (χ0) is 14.7. The minimum atomic E-state index is -0.929. The molecule has 6 heteroatoms. The molecular formula is C14H16N2O4. The lowest BCUT2D eigenvalue weighted by Crippen LogP contribution is -2.34. The lowest BCUT2D eigenvalue weighted by atomic mass is 9.98. The lowest BCUT2D eigenvalue weighted by molar-refractivity contribution is -0.137. The number of carboxylic acids is 1. The number of benzene rings is 1. The van der Waals surface area contributed by atoms with E-state index in [1.54, 1.807) is 25.2 Å². The molecule has 1 aliphatic heterocycles. The van der Waals surface area contributed by atoms with E-state index in [1.165, 1.54) is 0 Å². The number of hydrogen-bond donors (Lipinski definition) is 3. The van der Waals surface area contributed by atoms with Crippen LogP contribution in [0.4, 0.5) is 5.69 Å². The van der Waals surface area contributed by atoms with Gasteiger partial charge in [-0.15, -0.1) is 0 Å². The number of nitrogens with one attached hydrogen (secondary N) is 2. The van der Waals surface area contributed by atoms with Crippen LogP contribution in [0.5, 0.6) is 0 Å². The van der Waals surface area contributed by atoms with E-state index in [4.69, 9.17) is 5.11 Å². The summed E-state index contributed by atoms with van der Waals surface area (Å²) in [5, 5.41) is 14.2. The van der Waals surface area contributed by atoms with Gasteiger partial charge in [-0.3, -0.25) is 14.4 Å². The minimum absolute atomic E-state index is 0.0672. The molecule has 0 fully saturated rings. The molecule has 1 aromatic rings. The van der Waals surface area contributed by atoms with Crippen molar-refractivity contribution in [1.82, 2.24) is 5.32 Å². The number of Topliss-reactive ketones (excluding diaryl/α,β-unsaturated/α-hetero) is 1. The molecule has 1 aromatic carbocycles. The Morgan fingerprint density at radius 3 is 2.85 bits per heavy atom. The predicted octanol–water partition coefficient (Wildman–Crippen LogP) is 0.817. The van der Waals surface area contributed by atoms with Gasteiger partial charge in [0.05, 0.1) is 12.5 Å². The lowest BCUT2D eigenvalue weighted by Gasteiger charge is -2.14. The SMILES string of the molecule is CNC(CCC(=O)O)C(=O)c1ccc2c(c1)CC(=O)N2. The molecule has 106 valence electrons. The second-order valence-corrected chi connectivity index (χ2v) is 4.73. The maximum absolute atomic E-state index is 12.3. The average Bonchev–Trinajstić information content (AvgIpc) is 2.77. The Morgan fingerprint density at radius 2 is 2.20 bits per heavy atom. The number of rotatable bonds is 6. The molecule has 1 unspecified atom stereocenters. The molecule has 1 atom stereocenters. The average molecular weight is 276 g/mol. The molecule has 0 aliphatic carbocycles. The summed E-state index contributed by atoms with van der Waals surface area (Å²) in [6.07, 6.45) is 0.441. The van der Waals surface area contributed by atoms with Crippen molar-refractivity contribution in [2.75, 3.05) is 12.4 Å². The summed E-state index contributed by atoms with van der Waals surface area (Å²) in [5.74, 6) is -1.17. The summed E-state index contributed by atoms with van der Waals surface area (Å²) in [4.78, 5) is 34.2. The van der Waals surface area contributed by atoms with Crippen LogP contribution in [-0.4, -0.2) is 35.9 Å². The van der Waals surface area contributed by atoms with Gasteiger partial charge < -0.3 is 15.7 Å². The van der Waals surface area contributed by atoms with Gasteiger partial charge in [0.1, 0.15) is 0 Å². The van der Waals surface area contributed by atoms with Gasteiger partial charge in [-0.2, -0.15) is 0 Å².